The average molecular weight is 1070 g/mol. The zero-order valence-electron chi connectivity index (χ0n) is 46.4. The molecule has 14 heteroatoms. The van der Waals surface area contributed by atoms with E-state index in [0.29, 0.717) is 12.8 Å². The van der Waals surface area contributed by atoms with E-state index in [4.69, 9.17) is 18.9 Å². The van der Waals surface area contributed by atoms with Gasteiger partial charge in [-0.3, -0.25) is 4.79 Å². The maximum Gasteiger partial charge on any atom is 0.220 e. The van der Waals surface area contributed by atoms with Gasteiger partial charge in [0.25, 0.3) is 0 Å². The van der Waals surface area contributed by atoms with Crippen molar-refractivity contribution in [3.63, 3.8) is 0 Å². The third-order valence-corrected chi connectivity index (χ3v) is 13.5. The third kappa shape index (κ3) is 31.9. The fourth-order valence-electron chi connectivity index (χ4n) is 8.82. The van der Waals surface area contributed by atoms with Crippen LogP contribution in [-0.2, 0) is 23.7 Å². The molecule has 0 aliphatic carbocycles. The molecule has 2 saturated heterocycles. The van der Waals surface area contributed by atoms with Crippen molar-refractivity contribution in [3.8, 4) is 0 Å². The van der Waals surface area contributed by atoms with Crippen molar-refractivity contribution >= 4 is 5.91 Å². The molecular formula is C62H103NO13. The Morgan fingerprint density at radius 2 is 0.908 bits per heavy atom. The summed E-state index contributed by atoms with van der Waals surface area (Å²) < 4.78 is 22.7. The molecule has 12 unspecified atom stereocenters. The number of aliphatic hydroxyl groups excluding tert-OH is 8. The molecule has 0 aromatic rings. The molecule has 2 aliphatic heterocycles. The van der Waals surface area contributed by atoms with E-state index in [2.05, 4.69) is 129 Å². The summed E-state index contributed by atoms with van der Waals surface area (Å²) in [5.41, 5.74) is 0. The molecule has 12 atom stereocenters. The lowest BCUT2D eigenvalue weighted by Crippen LogP contribution is -2.65. The van der Waals surface area contributed by atoms with Gasteiger partial charge in [-0.15, -0.1) is 0 Å². The molecule has 0 aromatic carbocycles. The van der Waals surface area contributed by atoms with Crippen molar-refractivity contribution in [2.24, 2.45) is 0 Å². The number of aliphatic hydroxyl groups is 8. The lowest BCUT2D eigenvalue weighted by Gasteiger charge is -2.46. The largest absolute Gasteiger partial charge is 0.394 e. The van der Waals surface area contributed by atoms with Crippen LogP contribution in [0.4, 0.5) is 0 Å². The van der Waals surface area contributed by atoms with Crippen LogP contribution in [-0.4, -0.2) is 140 Å². The minimum absolute atomic E-state index is 0.228. The Balaban J connectivity index is 1.62. The molecule has 434 valence electrons. The fourth-order valence-corrected chi connectivity index (χ4v) is 8.82. The number of carbonyl (C=O) groups excluding carboxylic acids is 1. The topological polar surface area (TPSA) is 228 Å². The van der Waals surface area contributed by atoms with Gasteiger partial charge in [-0.25, -0.2) is 0 Å². The third-order valence-electron chi connectivity index (χ3n) is 13.5. The molecule has 9 N–H and O–H groups in total. The Morgan fingerprint density at radius 3 is 1.39 bits per heavy atom. The first-order valence-electron chi connectivity index (χ1n) is 29.1. The second-order valence-corrected chi connectivity index (χ2v) is 20.0. The van der Waals surface area contributed by atoms with Gasteiger partial charge in [0.1, 0.15) is 48.8 Å². The summed E-state index contributed by atoms with van der Waals surface area (Å²) in [6.07, 6.45) is 48.5. The van der Waals surface area contributed by atoms with E-state index >= 15 is 0 Å². The SMILES string of the molecule is CC/C=C\C/C=C\C/C=C\C/C=C\C/C=C\C/C=C\C/C=C\C/C=C\C/C=C\CCCCCCCCCC(=O)NC(COC1OC(CO)C(OC2OC(CO)C(O)C(O)C2O)C(O)C1O)C(O)CCCCCCCCC. The van der Waals surface area contributed by atoms with Gasteiger partial charge in [0, 0.05) is 6.42 Å². The van der Waals surface area contributed by atoms with Gasteiger partial charge in [-0.2, -0.15) is 0 Å². The normalized spacial score (nSPS) is 25.7. The number of hydrogen-bond donors (Lipinski definition) is 9. The molecule has 0 spiro atoms. The van der Waals surface area contributed by atoms with Crippen LogP contribution in [0.25, 0.3) is 0 Å². The number of ether oxygens (including phenoxy) is 4. The van der Waals surface area contributed by atoms with Crippen molar-refractivity contribution in [3.05, 3.63) is 109 Å². The maximum atomic E-state index is 13.2. The summed E-state index contributed by atoms with van der Waals surface area (Å²) >= 11 is 0. The monoisotopic (exact) mass is 1070 g/mol. The number of allylic oxidation sites excluding steroid dienone is 18. The van der Waals surface area contributed by atoms with E-state index in [9.17, 15) is 45.6 Å². The van der Waals surface area contributed by atoms with E-state index < -0.39 is 86.8 Å². The van der Waals surface area contributed by atoms with Crippen LogP contribution in [0, 0.1) is 0 Å². The van der Waals surface area contributed by atoms with E-state index in [-0.39, 0.29) is 18.9 Å². The molecule has 2 rings (SSSR count). The van der Waals surface area contributed by atoms with Gasteiger partial charge in [0.05, 0.1) is 32.0 Å². The molecule has 1 amide bonds. The van der Waals surface area contributed by atoms with Gasteiger partial charge in [-0.05, 0) is 83.5 Å². The molecule has 14 nitrogen and oxygen atoms in total. The van der Waals surface area contributed by atoms with Gasteiger partial charge in [-0.1, -0.05) is 200 Å². The number of carbonyl (C=O) groups is 1. The summed E-state index contributed by atoms with van der Waals surface area (Å²) in [4.78, 5) is 13.2. The number of rotatable bonds is 44. The lowest BCUT2D eigenvalue weighted by molar-refractivity contribution is -0.359. The molecule has 0 saturated carbocycles. The predicted molar refractivity (Wildman–Crippen MR) is 304 cm³/mol. The average Bonchev–Trinajstić information content (AvgIpc) is 3.42. The summed E-state index contributed by atoms with van der Waals surface area (Å²) in [5.74, 6) is -0.228. The molecular weight excluding hydrogens is 967 g/mol. The van der Waals surface area contributed by atoms with E-state index in [1.54, 1.807) is 0 Å². The molecule has 0 aromatic heterocycles. The highest BCUT2D eigenvalue weighted by Crippen LogP contribution is 2.30. The number of nitrogens with one attached hydrogen (secondary N) is 1. The van der Waals surface area contributed by atoms with Crippen LogP contribution in [0.3, 0.4) is 0 Å². The smallest absolute Gasteiger partial charge is 0.220 e. The van der Waals surface area contributed by atoms with Crippen molar-refractivity contribution in [2.75, 3.05) is 19.8 Å². The highest BCUT2D eigenvalue weighted by atomic mass is 16.7. The van der Waals surface area contributed by atoms with Gasteiger partial charge >= 0.3 is 0 Å². The van der Waals surface area contributed by atoms with E-state index in [1.807, 2.05) is 0 Å². The second kappa shape index (κ2) is 46.6. The van der Waals surface area contributed by atoms with Gasteiger partial charge in [0.2, 0.25) is 5.91 Å². The Labute approximate surface area is 457 Å². The van der Waals surface area contributed by atoms with Gasteiger partial charge < -0.3 is 65.1 Å². The highest BCUT2D eigenvalue weighted by molar-refractivity contribution is 5.76. The highest BCUT2D eigenvalue weighted by Gasteiger charge is 2.51. The minimum Gasteiger partial charge on any atom is -0.394 e. The first-order valence-corrected chi connectivity index (χ1v) is 29.1. The summed E-state index contributed by atoms with van der Waals surface area (Å²) in [5, 5.41) is 86.7. The standard InChI is InChI=1S/C62H103NO13/c1-3-5-7-9-11-12-13-14-15-16-17-18-19-20-21-22-23-24-25-26-27-28-29-30-31-32-33-34-35-36-37-38-40-42-44-46-54(67)63-50(51(66)45-43-41-39-10-8-6-4-2)49-73-61-59(72)57(70)60(53(48-65)75-61)76-62-58(71)56(69)55(68)52(47-64)74-62/h5,7,11-12,14-15,17-18,20-21,23-24,26-27,29-30,32-33,50-53,55-62,64-66,68-72H,3-4,6,8-10,13,16,19,22,25,28,31,34-49H2,1-2H3,(H,63,67)/b7-5-,12-11-,15-14-,18-17-,21-20-,24-23-,27-26-,30-29-,33-32-. The zero-order chi connectivity index (χ0) is 55.3. The van der Waals surface area contributed by atoms with Crippen molar-refractivity contribution < 1.29 is 64.6 Å². The van der Waals surface area contributed by atoms with Crippen molar-refractivity contribution in [1.82, 2.24) is 5.32 Å². The number of hydrogen-bond acceptors (Lipinski definition) is 13. The summed E-state index contributed by atoms with van der Waals surface area (Å²) in [6, 6.07) is -0.839. The van der Waals surface area contributed by atoms with Crippen molar-refractivity contribution in [2.45, 2.75) is 254 Å². The van der Waals surface area contributed by atoms with E-state index in [1.165, 1.54) is 19.3 Å². The molecule has 0 bridgehead atoms. The Morgan fingerprint density at radius 1 is 0.487 bits per heavy atom. The van der Waals surface area contributed by atoms with E-state index in [0.717, 1.165) is 128 Å². The Hall–Kier alpha value is -3.35. The number of unbranched alkanes of at least 4 members (excludes halogenated alkanes) is 13. The van der Waals surface area contributed by atoms with Crippen LogP contribution in [0.15, 0.2) is 109 Å². The quantitative estimate of drug-likeness (QED) is 0.0205. The fraction of sp³-hybridized carbons (Fsp3) is 0.694. The molecule has 0 radical (unpaired) electrons. The molecule has 2 heterocycles. The zero-order valence-corrected chi connectivity index (χ0v) is 46.4. The van der Waals surface area contributed by atoms with Crippen LogP contribution >= 0.6 is 0 Å². The summed E-state index contributed by atoms with van der Waals surface area (Å²) in [7, 11) is 0. The Kier molecular flexibility index (Phi) is 42.1. The predicted octanol–water partition coefficient (Wildman–Crippen LogP) is 9.66. The Bertz CT molecular complexity index is 1690. The van der Waals surface area contributed by atoms with Crippen LogP contribution in [0.1, 0.15) is 181 Å². The molecule has 2 aliphatic rings. The minimum atomic E-state index is -1.79. The lowest BCUT2D eigenvalue weighted by atomic mass is 9.97. The van der Waals surface area contributed by atoms with Crippen LogP contribution in [0.5, 0.6) is 0 Å². The number of amides is 1. The van der Waals surface area contributed by atoms with Crippen LogP contribution in [0.2, 0.25) is 0 Å². The summed E-state index contributed by atoms with van der Waals surface area (Å²) in [6.45, 7) is 2.65. The van der Waals surface area contributed by atoms with Crippen molar-refractivity contribution in [1.29, 1.82) is 0 Å². The second-order valence-electron chi connectivity index (χ2n) is 20.0. The maximum absolute atomic E-state index is 13.2. The first-order chi connectivity index (χ1) is 37.1. The molecule has 2 fully saturated rings. The molecule has 76 heavy (non-hydrogen) atoms. The first kappa shape index (κ1) is 68.8. The van der Waals surface area contributed by atoms with Gasteiger partial charge in [0.15, 0.2) is 12.6 Å². The van der Waals surface area contributed by atoms with Crippen LogP contribution < -0.4 is 5.32 Å².